The highest BCUT2D eigenvalue weighted by atomic mass is 16.4. The summed E-state index contributed by atoms with van der Waals surface area (Å²) in [5.74, 6) is 2.10. The Hall–Kier alpha value is -2.21. The van der Waals surface area contributed by atoms with Crippen molar-refractivity contribution in [2.24, 2.45) is 4.99 Å². The Morgan fingerprint density at radius 3 is 2.57 bits per heavy atom. The second-order valence-corrected chi connectivity index (χ2v) is 5.60. The van der Waals surface area contributed by atoms with Crippen molar-refractivity contribution in [3.8, 4) is 0 Å². The van der Waals surface area contributed by atoms with Gasteiger partial charge in [0.05, 0.1) is 19.1 Å². The van der Waals surface area contributed by atoms with Crippen LogP contribution in [0.5, 0.6) is 0 Å². The van der Waals surface area contributed by atoms with Crippen molar-refractivity contribution in [2.45, 2.75) is 32.3 Å². The van der Waals surface area contributed by atoms with Crippen LogP contribution in [0.3, 0.4) is 0 Å². The van der Waals surface area contributed by atoms with E-state index in [0.717, 1.165) is 25.1 Å². The average molecular weight is 319 g/mol. The zero-order chi connectivity index (χ0) is 16.5. The third-order valence-corrected chi connectivity index (χ3v) is 3.38. The summed E-state index contributed by atoms with van der Waals surface area (Å²) >= 11 is 0. The van der Waals surface area contributed by atoms with Crippen molar-refractivity contribution in [2.75, 3.05) is 19.6 Å². The highest BCUT2D eigenvalue weighted by Gasteiger charge is 2.26. The molecule has 2 aromatic rings. The predicted octanol–water partition coefficient (Wildman–Crippen LogP) is 2.27. The molecule has 0 saturated carbocycles. The minimum Gasteiger partial charge on any atom is -0.469 e. The maximum absolute atomic E-state index is 10.5. The highest BCUT2D eigenvalue weighted by molar-refractivity contribution is 5.79. The third-order valence-electron chi connectivity index (χ3n) is 3.38. The molecule has 2 aromatic heterocycles. The molecule has 0 bridgehead atoms. The summed E-state index contributed by atoms with van der Waals surface area (Å²) in [7, 11) is 0. The first-order valence-corrected chi connectivity index (χ1v) is 7.93. The van der Waals surface area contributed by atoms with Gasteiger partial charge < -0.3 is 24.6 Å². The van der Waals surface area contributed by atoms with E-state index in [2.05, 4.69) is 22.5 Å². The van der Waals surface area contributed by atoms with Gasteiger partial charge in [-0.05, 0) is 37.6 Å². The van der Waals surface area contributed by atoms with Crippen LogP contribution in [-0.2, 0) is 12.0 Å². The zero-order valence-electron chi connectivity index (χ0n) is 13.7. The first-order valence-electron chi connectivity index (χ1n) is 7.93. The summed E-state index contributed by atoms with van der Waals surface area (Å²) in [4.78, 5) is 4.46. The fourth-order valence-corrected chi connectivity index (χ4v) is 2.07. The van der Waals surface area contributed by atoms with E-state index in [9.17, 15) is 5.11 Å². The molecule has 2 rings (SSSR count). The average Bonchev–Trinajstić information content (AvgIpc) is 3.22. The van der Waals surface area contributed by atoms with Crippen molar-refractivity contribution in [1.82, 2.24) is 10.6 Å². The van der Waals surface area contributed by atoms with Crippen LogP contribution in [0.1, 0.15) is 31.8 Å². The summed E-state index contributed by atoms with van der Waals surface area (Å²) in [6.45, 7) is 5.50. The van der Waals surface area contributed by atoms with Crippen LogP contribution >= 0.6 is 0 Å². The minimum absolute atomic E-state index is 0.209. The van der Waals surface area contributed by atoms with E-state index in [-0.39, 0.29) is 6.54 Å². The summed E-state index contributed by atoms with van der Waals surface area (Å²) in [6.07, 6.45) is 4.98. The Balaban J connectivity index is 1.90. The summed E-state index contributed by atoms with van der Waals surface area (Å²) in [5, 5.41) is 16.9. The fraction of sp³-hybridized carbons (Fsp3) is 0.471. The fourth-order valence-electron chi connectivity index (χ4n) is 2.07. The number of furan rings is 2. The molecule has 1 unspecified atom stereocenters. The minimum atomic E-state index is -1.13. The molecular formula is C17H25N3O3. The SMILES string of the molecule is CCCNC(=NCC(C)(O)c1ccco1)NCCc1ccco1. The van der Waals surface area contributed by atoms with Crippen LogP contribution < -0.4 is 10.6 Å². The van der Waals surface area contributed by atoms with E-state index in [1.807, 2.05) is 12.1 Å². The van der Waals surface area contributed by atoms with E-state index < -0.39 is 5.60 Å². The molecule has 126 valence electrons. The lowest BCUT2D eigenvalue weighted by atomic mass is 10.0. The van der Waals surface area contributed by atoms with Crippen molar-refractivity contribution in [1.29, 1.82) is 0 Å². The number of nitrogens with zero attached hydrogens (tertiary/aromatic N) is 1. The summed E-state index contributed by atoms with van der Waals surface area (Å²) in [6, 6.07) is 7.32. The first kappa shape index (κ1) is 17.1. The standard InChI is InChI=1S/C17H25N3O3/c1-3-9-18-16(19-10-8-14-6-4-11-22-14)20-13-17(2,21)15-7-5-12-23-15/h4-7,11-12,21H,3,8-10,13H2,1-2H3,(H2,18,19,20). The van der Waals surface area contributed by atoms with Gasteiger partial charge in [0.2, 0.25) is 0 Å². The van der Waals surface area contributed by atoms with Crippen molar-refractivity contribution >= 4 is 5.96 Å². The molecular weight excluding hydrogens is 294 g/mol. The molecule has 0 aliphatic heterocycles. The van der Waals surface area contributed by atoms with Crippen molar-refractivity contribution < 1.29 is 13.9 Å². The predicted molar refractivity (Wildman–Crippen MR) is 89.3 cm³/mol. The Kier molecular flexibility index (Phi) is 6.29. The largest absolute Gasteiger partial charge is 0.469 e. The molecule has 0 fully saturated rings. The van der Waals surface area contributed by atoms with Gasteiger partial charge in [0, 0.05) is 19.5 Å². The number of hydrogen-bond donors (Lipinski definition) is 3. The van der Waals surface area contributed by atoms with Crippen LogP contribution in [-0.4, -0.2) is 30.7 Å². The lowest BCUT2D eigenvalue weighted by Crippen LogP contribution is -2.40. The molecule has 0 aliphatic carbocycles. The molecule has 0 aromatic carbocycles. The van der Waals surface area contributed by atoms with Gasteiger partial charge >= 0.3 is 0 Å². The number of aliphatic imine (C=N–C) groups is 1. The maximum Gasteiger partial charge on any atom is 0.191 e. The van der Waals surface area contributed by atoms with Crippen LogP contribution in [0, 0.1) is 0 Å². The molecule has 6 heteroatoms. The first-order chi connectivity index (χ1) is 11.1. The second-order valence-electron chi connectivity index (χ2n) is 5.60. The Labute approximate surface area is 136 Å². The second kappa shape index (κ2) is 8.43. The number of nitrogens with one attached hydrogen (secondary N) is 2. The number of guanidine groups is 1. The van der Waals surface area contributed by atoms with Crippen LogP contribution in [0.25, 0.3) is 0 Å². The van der Waals surface area contributed by atoms with E-state index in [1.165, 1.54) is 0 Å². The van der Waals surface area contributed by atoms with Crippen LogP contribution in [0.2, 0.25) is 0 Å². The number of hydrogen-bond acceptors (Lipinski definition) is 4. The van der Waals surface area contributed by atoms with Crippen molar-refractivity contribution in [3.05, 3.63) is 48.3 Å². The van der Waals surface area contributed by atoms with Gasteiger partial charge in [-0.25, -0.2) is 4.99 Å². The molecule has 0 radical (unpaired) electrons. The summed E-state index contributed by atoms with van der Waals surface area (Å²) in [5.41, 5.74) is -1.13. The zero-order valence-corrected chi connectivity index (χ0v) is 13.7. The molecule has 23 heavy (non-hydrogen) atoms. The Bertz CT molecular complexity index is 574. The topological polar surface area (TPSA) is 82.9 Å². The maximum atomic E-state index is 10.5. The molecule has 3 N–H and O–H groups in total. The summed E-state index contributed by atoms with van der Waals surface area (Å²) < 4.78 is 10.6. The molecule has 0 spiro atoms. The number of aliphatic hydroxyl groups is 1. The number of rotatable bonds is 8. The Morgan fingerprint density at radius 2 is 1.91 bits per heavy atom. The van der Waals surface area contributed by atoms with E-state index in [4.69, 9.17) is 8.83 Å². The van der Waals surface area contributed by atoms with E-state index >= 15 is 0 Å². The van der Waals surface area contributed by atoms with E-state index in [1.54, 1.807) is 31.6 Å². The van der Waals surface area contributed by atoms with Gasteiger partial charge in [0.25, 0.3) is 0 Å². The van der Waals surface area contributed by atoms with Gasteiger partial charge in [-0.2, -0.15) is 0 Å². The third kappa shape index (κ3) is 5.49. The monoisotopic (exact) mass is 319 g/mol. The normalized spacial score (nSPS) is 14.5. The quantitative estimate of drug-likeness (QED) is 0.513. The smallest absolute Gasteiger partial charge is 0.191 e. The van der Waals surface area contributed by atoms with Gasteiger partial charge in [-0.1, -0.05) is 6.92 Å². The highest BCUT2D eigenvalue weighted by Crippen LogP contribution is 2.20. The van der Waals surface area contributed by atoms with Crippen LogP contribution in [0.15, 0.2) is 50.6 Å². The molecule has 0 aliphatic rings. The molecule has 0 saturated heterocycles. The molecule has 1 atom stereocenters. The van der Waals surface area contributed by atoms with Gasteiger partial charge in [-0.3, -0.25) is 0 Å². The van der Waals surface area contributed by atoms with Gasteiger partial charge in [0.1, 0.15) is 17.1 Å². The lowest BCUT2D eigenvalue weighted by Gasteiger charge is -2.19. The van der Waals surface area contributed by atoms with E-state index in [0.29, 0.717) is 18.3 Å². The van der Waals surface area contributed by atoms with Gasteiger partial charge in [-0.15, -0.1) is 0 Å². The lowest BCUT2D eigenvalue weighted by molar-refractivity contribution is 0.0437. The molecule has 0 amide bonds. The molecule has 6 nitrogen and oxygen atoms in total. The van der Waals surface area contributed by atoms with Crippen LogP contribution in [0.4, 0.5) is 0 Å². The Morgan fingerprint density at radius 1 is 1.17 bits per heavy atom. The van der Waals surface area contributed by atoms with Gasteiger partial charge in [0.15, 0.2) is 5.96 Å². The van der Waals surface area contributed by atoms with Crippen molar-refractivity contribution in [3.63, 3.8) is 0 Å². The molecule has 2 heterocycles.